The molecule has 2 bridgehead atoms. The molecule has 0 aliphatic heterocycles. The summed E-state index contributed by atoms with van der Waals surface area (Å²) in [7, 11) is 0. The number of carboxylic acids is 1. The third-order valence-corrected chi connectivity index (χ3v) is 5.37. The highest BCUT2D eigenvalue weighted by molar-refractivity contribution is 5.98. The van der Waals surface area contributed by atoms with Crippen LogP contribution in [0.2, 0.25) is 0 Å². The first-order chi connectivity index (χ1) is 12.0. The summed E-state index contributed by atoms with van der Waals surface area (Å²) in [5.41, 5.74) is 1.13. The Morgan fingerprint density at radius 3 is 2.20 bits per heavy atom. The van der Waals surface area contributed by atoms with Crippen molar-refractivity contribution in [1.29, 1.82) is 0 Å². The average molecular weight is 340 g/mol. The van der Waals surface area contributed by atoms with E-state index in [-0.39, 0.29) is 23.7 Å². The smallest absolute Gasteiger partial charge is 0.307 e. The molecular formula is C19H20N2O4. The molecule has 4 rings (SSSR count). The van der Waals surface area contributed by atoms with Gasteiger partial charge in [0.25, 0.3) is 5.91 Å². The lowest BCUT2D eigenvalue weighted by Gasteiger charge is -2.23. The van der Waals surface area contributed by atoms with Crippen molar-refractivity contribution in [2.75, 3.05) is 5.32 Å². The van der Waals surface area contributed by atoms with Crippen molar-refractivity contribution in [3.63, 3.8) is 0 Å². The van der Waals surface area contributed by atoms with Crippen LogP contribution in [-0.4, -0.2) is 28.9 Å². The number of nitrogens with one attached hydrogen (secondary N) is 2. The van der Waals surface area contributed by atoms with Crippen LogP contribution in [0.25, 0.3) is 0 Å². The number of carboxylic acid groups (broad SMARTS) is 1. The summed E-state index contributed by atoms with van der Waals surface area (Å²) in [6.45, 7) is 0. The molecule has 3 aliphatic carbocycles. The van der Waals surface area contributed by atoms with E-state index in [1.165, 1.54) is 0 Å². The monoisotopic (exact) mass is 340 g/mol. The molecule has 3 aliphatic rings. The van der Waals surface area contributed by atoms with Gasteiger partial charge in [-0.15, -0.1) is 0 Å². The first-order valence-corrected chi connectivity index (χ1v) is 8.66. The minimum atomic E-state index is -0.913. The maximum Gasteiger partial charge on any atom is 0.307 e. The van der Waals surface area contributed by atoms with Crippen LogP contribution in [0.5, 0.6) is 0 Å². The molecule has 3 N–H and O–H groups in total. The molecule has 2 saturated carbocycles. The molecular weight excluding hydrogens is 320 g/mol. The Kier molecular flexibility index (Phi) is 3.82. The molecule has 2 fully saturated rings. The van der Waals surface area contributed by atoms with Crippen LogP contribution in [-0.2, 0) is 9.59 Å². The number of amides is 2. The van der Waals surface area contributed by atoms with Crippen molar-refractivity contribution in [1.82, 2.24) is 5.32 Å². The number of carbonyl (C=O) groups is 3. The second-order valence-corrected chi connectivity index (χ2v) is 7.15. The third-order valence-electron chi connectivity index (χ3n) is 5.37. The van der Waals surface area contributed by atoms with Gasteiger partial charge in [-0.05, 0) is 55.4 Å². The number of carbonyl (C=O) groups excluding carboxylic acids is 2. The molecule has 6 nitrogen and oxygen atoms in total. The Bertz CT molecular complexity index is 751. The van der Waals surface area contributed by atoms with E-state index in [1.807, 2.05) is 12.2 Å². The zero-order chi connectivity index (χ0) is 17.6. The largest absolute Gasteiger partial charge is 0.481 e. The van der Waals surface area contributed by atoms with Gasteiger partial charge in [0.2, 0.25) is 5.91 Å². The maximum absolute atomic E-state index is 12.6. The number of allylic oxidation sites excluding steroid dienone is 2. The molecule has 0 heterocycles. The topological polar surface area (TPSA) is 95.5 Å². The Hall–Kier alpha value is -2.63. The SMILES string of the molecule is O=C(NC1CC1)c1ccc(NC(=O)[C@@H]2[C@H](C(=O)O)[C@H]3C=C[C@H]2C3)cc1. The predicted octanol–water partition coefficient (Wildman–Crippen LogP) is 2.04. The fourth-order valence-electron chi connectivity index (χ4n) is 3.94. The maximum atomic E-state index is 12.6. The number of fused-ring (bicyclic) bond motifs is 2. The van der Waals surface area contributed by atoms with Crippen LogP contribution < -0.4 is 10.6 Å². The number of hydrogen-bond acceptors (Lipinski definition) is 3. The van der Waals surface area contributed by atoms with Crippen LogP contribution in [0.15, 0.2) is 36.4 Å². The molecule has 0 aromatic heterocycles. The lowest BCUT2D eigenvalue weighted by atomic mass is 9.82. The van der Waals surface area contributed by atoms with Crippen molar-refractivity contribution in [2.24, 2.45) is 23.7 Å². The molecule has 25 heavy (non-hydrogen) atoms. The minimum Gasteiger partial charge on any atom is -0.481 e. The van der Waals surface area contributed by atoms with Crippen molar-refractivity contribution in [3.8, 4) is 0 Å². The van der Waals surface area contributed by atoms with Crippen molar-refractivity contribution < 1.29 is 19.5 Å². The number of aliphatic carboxylic acids is 1. The van der Waals surface area contributed by atoms with Gasteiger partial charge in [-0.1, -0.05) is 12.2 Å². The highest BCUT2D eigenvalue weighted by Crippen LogP contribution is 2.48. The molecule has 0 spiro atoms. The van der Waals surface area contributed by atoms with Gasteiger partial charge in [0.1, 0.15) is 0 Å². The van der Waals surface area contributed by atoms with E-state index in [4.69, 9.17) is 0 Å². The van der Waals surface area contributed by atoms with Gasteiger partial charge >= 0.3 is 5.97 Å². The molecule has 1 aromatic carbocycles. The van der Waals surface area contributed by atoms with Crippen LogP contribution >= 0.6 is 0 Å². The summed E-state index contributed by atoms with van der Waals surface area (Å²) >= 11 is 0. The first-order valence-electron chi connectivity index (χ1n) is 8.66. The van der Waals surface area contributed by atoms with Crippen LogP contribution in [0.1, 0.15) is 29.6 Å². The van der Waals surface area contributed by atoms with Gasteiger partial charge in [-0.25, -0.2) is 0 Å². The molecule has 0 unspecified atom stereocenters. The second-order valence-electron chi connectivity index (χ2n) is 7.15. The number of anilines is 1. The summed E-state index contributed by atoms with van der Waals surface area (Å²) in [6, 6.07) is 6.99. The second kappa shape index (κ2) is 6.02. The standard InChI is InChI=1S/C19H20N2O4/c22-17(20-14-7-8-14)10-3-5-13(6-4-10)21-18(23)15-11-1-2-12(9-11)16(15)19(24)25/h1-6,11-12,14-16H,7-9H2,(H,20,22)(H,21,23)(H,24,25)/t11-,12-,15-,16+/m0/s1. The van der Waals surface area contributed by atoms with Gasteiger partial charge in [0.05, 0.1) is 11.8 Å². The van der Waals surface area contributed by atoms with Crippen molar-refractivity contribution in [2.45, 2.75) is 25.3 Å². The lowest BCUT2D eigenvalue weighted by Crippen LogP contribution is -2.36. The van der Waals surface area contributed by atoms with E-state index in [2.05, 4.69) is 10.6 Å². The van der Waals surface area contributed by atoms with E-state index >= 15 is 0 Å². The first kappa shape index (κ1) is 15.9. The fourth-order valence-corrected chi connectivity index (χ4v) is 3.94. The summed E-state index contributed by atoms with van der Waals surface area (Å²) in [6.07, 6.45) is 6.67. The van der Waals surface area contributed by atoms with E-state index in [9.17, 15) is 19.5 Å². The zero-order valence-corrected chi connectivity index (χ0v) is 13.6. The Morgan fingerprint density at radius 2 is 1.60 bits per heavy atom. The van der Waals surface area contributed by atoms with Crippen LogP contribution in [0, 0.1) is 23.7 Å². The lowest BCUT2D eigenvalue weighted by molar-refractivity contribution is -0.146. The van der Waals surface area contributed by atoms with Crippen molar-refractivity contribution in [3.05, 3.63) is 42.0 Å². The van der Waals surface area contributed by atoms with Gasteiger partial charge in [0.15, 0.2) is 0 Å². The van der Waals surface area contributed by atoms with Crippen molar-refractivity contribution >= 4 is 23.5 Å². The van der Waals surface area contributed by atoms with E-state index in [0.29, 0.717) is 17.3 Å². The molecule has 0 saturated heterocycles. The molecule has 130 valence electrons. The minimum absolute atomic E-state index is 0.00491. The molecule has 0 radical (unpaired) electrons. The van der Waals surface area contributed by atoms with Gasteiger partial charge < -0.3 is 15.7 Å². The fraction of sp³-hybridized carbons (Fsp3) is 0.421. The Labute approximate surface area is 145 Å². The molecule has 1 aromatic rings. The highest BCUT2D eigenvalue weighted by atomic mass is 16.4. The van der Waals surface area contributed by atoms with E-state index in [1.54, 1.807) is 24.3 Å². The average Bonchev–Trinajstić information content (AvgIpc) is 3.16. The number of hydrogen-bond donors (Lipinski definition) is 3. The Balaban J connectivity index is 1.43. The summed E-state index contributed by atoms with van der Waals surface area (Å²) in [5, 5.41) is 15.2. The zero-order valence-electron chi connectivity index (χ0n) is 13.6. The number of benzene rings is 1. The van der Waals surface area contributed by atoms with E-state index < -0.39 is 17.8 Å². The Morgan fingerprint density at radius 1 is 0.960 bits per heavy atom. The van der Waals surface area contributed by atoms with Gasteiger partial charge in [-0.3, -0.25) is 14.4 Å². The normalized spacial score (nSPS) is 29.4. The third kappa shape index (κ3) is 3.04. The predicted molar refractivity (Wildman–Crippen MR) is 90.9 cm³/mol. The van der Waals surface area contributed by atoms with Crippen LogP contribution in [0.4, 0.5) is 5.69 Å². The van der Waals surface area contributed by atoms with Crippen LogP contribution in [0.3, 0.4) is 0 Å². The summed E-state index contributed by atoms with van der Waals surface area (Å²) in [4.78, 5) is 36.1. The molecule has 4 atom stereocenters. The van der Waals surface area contributed by atoms with E-state index in [0.717, 1.165) is 19.3 Å². The number of rotatable bonds is 5. The molecule has 2 amide bonds. The quantitative estimate of drug-likeness (QED) is 0.715. The van der Waals surface area contributed by atoms with Gasteiger partial charge in [-0.2, -0.15) is 0 Å². The highest BCUT2D eigenvalue weighted by Gasteiger charge is 2.51. The summed E-state index contributed by atoms with van der Waals surface area (Å²) in [5.74, 6) is -2.53. The summed E-state index contributed by atoms with van der Waals surface area (Å²) < 4.78 is 0. The molecule has 6 heteroatoms. The van der Waals surface area contributed by atoms with Gasteiger partial charge in [0, 0.05) is 17.3 Å².